The number of carbonyl (C=O) groups excluding carboxylic acids is 1. The standard InChI is InChI=1S/C26H33N5O3/c1-18(32)16-31-12-10-26(11-13-31,19-8-6-5-7-9-19)17-30(2)25-28-21-15-23(34-4)22(33-3)14-20(21)24(27)29-25/h5-9,14-15H,10-13,16-17H2,1-4H3,(H2,27,28,29). The zero-order chi connectivity index (χ0) is 24.3. The molecule has 0 atom stereocenters. The highest BCUT2D eigenvalue weighted by Crippen LogP contribution is 2.38. The molecule has 0 aliphatic carbocycles. The minimum absolute atomic E-state index is 0.0754. The van der Waals surface area contributed by atoms with Gasteiger partial charge < -0.3 is 20.1 Å². The van der Waals surface area contributed by atoms with Crippen LogP contribution >= 0.6 is 0 Å². The Kier molecular flexibility index (Phi) is 6.88. The molecule has 4 rings (SSSR count). The van der Waals surface area contributed by atoms with Crippen LogP contribution in [0.1, 0.15) is 25.3 Å². The quantitative estimate of drug-likeness (QED) is 0.544. The average Bonchev–Trinajstić information content (AvgIpc) is 2.84. The number of ketones is 1. The molecule has 1 aliphatic rings. The number of nitrogen functional groups attached to an aromatic ring is 1. The Hall–Kier alpha value is -3.39. The van der Waals surface area contributed by atoms with Crippen molar-refractivity contribution in [2.45, 2.75) is 25.2 Å². The number of nitrogens with two attached hydrogens (primary N) is 1. The number of hydrogen-bond acceptors (Lipinski definition) is 8. The molecule has 34 heavy (non-hydrogen) atoms. The number of likely N-dealkylation sites (N-methyl/N-ethyl adjacent to an activating group) is 1. The summed E-state index contributed by atoms with van der Waals surface area (Å²) in [7, 11) is 5.20. The summed E-state index contributed by atoms with van der Waals surface area (Å²) in [6.45, 7) is 4.65. The van der Waals surface area contributed by atoms with Crippen LogP contribution in [-0.4, -0.2) is 68.1 Å². The van der Waals surface area contributed by atoms with Gasteiger partial charge in [-0.05, 0) is 44.5 Å². The van der Waals surface area contributed by atoms with Crippen molar-refractivity contribution in [1.29, 1.82) is 0 Å². The lowest BCUT2D eigenvalue weighted by atomic mass is 9.72. The van der Waals surface area contributed by atoms with Gasteiger partial charge in [-0.15, -0.1) is 0 Å². The Morgan fingerprint density at radius 3 is 2.35 bits per heavy atom. The molecule has 0 spiro atoms. The van der Waals surface area contributed by atoms with E-state index in [-0.39, 0.29) is 11.2 Å². The second kappa shape index (κ2) is 9.85. The number of hydrogen-bond donors (Lipinski definition) is 1. The van der Waals surface area contributed by atoms with Crippen molar-refractivity contribution < 1.29 is 14.3 Å². The molecule has 1 saturated heterocycles. The smallest absolute Gasteiger partial charge is 0.227 e. The van der Waals surface area contributed by atoms with Crippen molar-refractivity contribution in [1.82, 2.24) is 14.9 Å². The van der Waals surface area contributed by atoms with E-state index in [1.807, 2.05) is 25.2 Å². The SMILES string of the molecule is COc1cc2nc(N(C)CC3(c4ccccc4)CCN(CC(C)=O)CC3)nc(N)c2cc1OC. The topological polar surface area (TPSA) is 93.8 Å². The minimum Gasteiger partial charge on any atom is -0.493 e. The molecule has 2 N–H and O–H groups in total. The van der Waals surface area contributed by atoms with Crippen molar-refractivity contribution in [2.24, 2.45) is 0 Å². The number of nitrogens with zero attached hydrogens (tertiary/aromatic N) is 4. The number of anilines is 2. The number of carbonyl (C=O) groups is 1. The average molecular weight is 464 g/mol. The lowest BCUT2D eigenvalue weighted by molar-refractivity contribution is -0.118. The molecule has 2 aromatic carbocycles. The van der Waals surface area contributed by atoms with Gasteiger partial charge in [-0.25, -0.2) is 4.98 Å². The van der Waals surface area contributed by atoms with E-state index < -0.39 is 0 Å². The summed E-state index contributed by atoms with van der Waals surface area (Å²) in [6.07, 6.45) is 1.89. The number of fused-ring (bicyclic) bond motifs is 1. The third kappa shape index (κ3) is 4.77. The molecule has 8 heteroatoms. The molecule has 0 bridgehead atoms. The zero-order valence-electron chi connectivity index (χ0n) is 20.4. The number of benzene rings is 2. The van der Waals surface area contributed by atoms with Gasteiger partial charge in [-0.3, -0.25) is 9.69 Å². The molecule has 0 unspecified atom stereocenters. The van der Waals surface area contributed by atoms with Gasteiger partial charge in [0, 0.05) is 30.5 Å². The first-order valence-corrected chi connectivity index (χ1v) is 11.5. The normalized spacial score (nSPS) is 15.8. The van der Waals surface area contributed by atoms with Crippen LogP contribution in [0.4, 0.5) is 11.8 Å². The molecule has 3 aromatic rings. The van der Waals surface area contributed by atoms with E-state index >= 15 is 0 Å². The highest BCUT2D eigenvalue weighted by atomic mass is 16.5. The fraction of sp³-hybridized carbons (Fsp3) is 0.423. The lowest BCUT2D eigenvalue weighted by Crippen LogP contribution is -2.49. The van der Waals surface area contributed by atoms with Crippen LogP contribution in [0.25, 0.3) is 10.9 Å². The van der Waals surface area contributed by atoms with Gasteiger partial charge in [-0.1, -0.05) is 30.3 Å². The number of piperidine rings is 1. The molecule has 1 aliphatic heterocycles. The minimum atomic E-state index is -0.0754. The maximum Gasteiger partial charge on any atom is 0.227 e. The summed E-state index contributed by atoms with van der Waals surface area (Å²) in [6, 6.07) is 14.2. The van der Waals surface area contributed by atoms with Crippen LogP contribution in [-0.2, 0) is 10.2 Å². The van der Waals surface area contributed by atoms with Crippen molar-refractivity contribution in [3.05, 3.63) is 48.0 Å². The second-order valence-electron chi connectivity index (χ2n) is 9.11. The summed E-state index contributed by atoms with van der Waals surface area (Å²) in [5.74, 6) is 2.36. The number of aromatic nitrogens is 2. The lowest BCUT2D eigenvalue weighted by Gasteiger charge is -2.44. The first-order valence-electron chi connectivity index (χ1n) is 11.5. The first-order chi connectivity index (χ1) is 16.3. The highest BCUT2D eigenvalue weighted by molar-refractivity contribution is 5.91. The van der Waals surface area contributed by atoms with Crippen molar-refractivity contribution >= 4 is 28.5 Å². The molecule has 0 saturated carbocycles. The Morgan fingerprint density at radius 1 is 1.09 bits per heavy atom. The van der Waals surface area contributed by atoms with Crippen molar-refractivity contribution in [3.63, 3.8) is 0 Å². The number of Topliss-reactive ketones (excluding diaryl/α,β-unsaturated/α-hetero) is 1. The van der Waals surface area contributed by atoms with Gasteiger partial charge in [0.25, 0.3) is 0 Å². The number of likely N-dealkylation sites (tertiary alicyclic amines) is 1. The van der Waals surface area contributed by atoms with Crippen molar-refractivity contribution in [2.75, 3.05) is 58.1 Å². The van der Waals surface area contributed by atoms with E-state index in [0.29, 0.717) is 35.3 Å². The van der Waals surface area contributed by atoms with Crippen LogP contribution in [0.3, 0.4) is 0 Å². The molecule has 0 radical (unpaired) electrons. The predicted molar refractivity (Wildman–Crippen MR) is 135 cm³/mol. The second-order valence-corrected chi connectivity index (χ2v) is 9.11. The first kappa shape index (κ1) is 23.8. The Balaban J connectivity index is 1.65. The van der Waals surface area contributed by atoms with E-state index in [1.165, 1.54) is 5.56 Å². The molecule has 180 valence electrons. The summed E-state index contributed by atoms with van der Waals surface area (Å²) >= 11 is 0. The Labute approximate surface area is 200 Å². The van der Waals surface area contributed by atoms with E-state index in [0.717, 1.165) is 37.9 Å². The maximum absolute atomic E-state index is 11.6. The summed E-state index contributed by atoms with van der Waals surface area (Å²) in [4.78, 5) is 25.4. The number of rotatable bonds is 8. The van der Waals surface area contributed by atoms with Gasteiger partial charge in [-0.2, -0.15) is 4.98 Å². The Bertz CT molecular complexity index is 1160. The van der Waals surface area contributed by atoms with Crippen molar-refractivity contribution in [3.8, 4) is 11.5 Å². The molecule has 1 fully saturated rings. The van der Waals surface area contributed by atoms with E-state index in [9.17, 15) is 4.79 Å². The summed E-state index contributed by atoms with van der Waals surface area (Å²) in [5.41, 5.74) is 8.26. The largest absolute Gasteiger partial charge is 0.493 e. The van der Waals surface area contributed by atoms with Crippen LogP contribution in [0.2, 0.25) is 0 Å². The van der Waals surface area contributed by atoms with Gasteiger partial charge >= 0.3 is 0 Å². The van der Waals surface area contributed by atoms with Crippen LogP contribution < -0.4 is 20.1 Å². The monoisotopic (exact) mass is 463 g/mol. The van der Waals surface area contributed by atoms with Crippen LogP contribution in [0.15, 0.2) is 42.5 Å². The molecule has 8 nitrogen and oxygen atoms in total. The predicted octanol–water partition coefficient (Wildman–Crippen LogP) is 3.29. The fourth-order valence-corrected chi connectivity index (χ4v) is 4.95. The number of ether oxygens (including phenoxy) is 2. The molecule has 1 aromatic heterocycles. The molecule has 2 heterocycles. The van der Waals surface area contributed by atoms with Crippen LogP contribution in [0, 0.1) is 0 Å². The van der Waals surface area contributed by atoms with Gasteiger partial charge in [0.15, 0.2) is 11.5 Å². The van der Waals surface area contributed by atoms with Gasteiger partial charge in [0.2, 0.25) is 5.95 Å². The summed E-state index contributed by atoms with van der Waals surface area (Å²) in [5, 5.41) is 0.727. The van der Waals surface area contributed by atoms with Gasteiger partial charge in [0.1, 0.15) is 11.6 Å². The molecular weight excluding hydrogens is 430 g/mol. The zero-order valence-corrected chi connectivity index (χ0v) is 20.4. The molecule has 0 amide bonds. The third-order valence-corrected chi connectivity index (χ3v) is 6.75. The highest BCUT2D eigenvalue weighted by Gasteiger charge is 2.38. The summed E-state index contributed by atoms with van der Waals surface area (Å²) < 4.78 is 10.8. The fourth-order valence-electron chi connectivity index (χ4n) is 4.95. The van der Waals surface area contributed by atoms with E-state index in [1.54, 1.807) is 21.1 Å². The van der Waals surface area contributed by atoms with E-state index in [2.05, 4.69) is 39.0 Å². The number of methoxy groups -OCH3 is 2. The van der Waals surface area contributed by atoms with E-state index in [4.69, 9.17) is 20.2 Å². The Morgan fingerprint density at radius 2 is 1.74 bits per heavy atom. The van der Waals surface area contributed by atoms with Crippen LogP contribution in [0.5, 0.6) is 11.5 Å². The maximum atomic E-state index is 11.6. The van der Waals surface area contributed by atoms with Gasteiger partial charge in [0.05, 0.1) is 26.3 Å². The third-order valence-electron chi connectivity index (χ3n) is 6.75. The molecular formula is C26H33N5O3.